The summed E-state index contributed by atoms with van der Waals surface area (Å²) in [5.74, 6) is -0.197. The first kappa shape index (κ1) is 21.5. The summed E-state index contributed by atoms with van der Waals surface area (Å²) in [6, 6.07) is 10.6. The van der Waals surface area contributed by atoms with Crippen LogP contribution < -0.4 is 0 Å². The third-order valence-electron chi connectivity index (χ3n) is 4.40. The maximum absolute atomic E-state index is 12.8. The predicted octanol–water partition coefficient (Wildman–Crippen LogP) is 4.79. The summed E-state index contributed by atoms with van der Waals surface area (Å²) in [7, 11) is 0. The van der Waals surface area contributed by atoms with Crippen LogP contribution in [0.5, 0.6) is 11.5 Å². The Kier molecular flexibility index (Phi) is 6.87. The lowest BCUT2D eigenvalue weighted by molar-refractivity contribution is -0.122. The number of rotatable bonds is 7. The van der Waals surface area contributed by atoms with Gasteiger partial charge < -0.3 is 10.2 Å². The summed E-state index contributed by atoms with van der Waals surface area (Å²) < 4.78 is 0.269. The first-order valence-corrected chi connectivity index (χ1v) is 10.3. The highest BCUT2D eigenvalue weighted by atomic mass is 32.2. The number of thiocarbonyl (C=S) groups is 1. The second-order valence-corrected chi connectivity index (χ2v) is 8.11. The number of phenolic OH excluding ortho intramolecular Hbond substituents is 2. The zero-order chi connectivity index (χ0) is 21.7. The SMILES string of the molecule is C=CCc1cccc(C=NN2C(=O)C(=Cc3cccc(CC=C)c3O)SC2=S)c1O. The molecule has 0 aliphatic carbocycles. The quantitative estimate of drug-likeness (QED) is 0.283. The summed E-state index contributed by atoms with van der Waals surface area (Å²) in [4.78, 5) is 13.1. The Morgan fingerprint density at radius 1 is 1.00 bits per heavy atom. The highest BCUT2D eigenvalue weighted by Crippen LogP contribution is 2.35. The maximum Gasteiger partial charge on any atom is 0.286 e. The van der Waals surface area contributed by atoms with Gasteiger partial charge in [0, 0.05) is 11.1 Å². The van der Waals surface area contributed by atoms with Gasteiger partial charge in [-0.15, -0.1) is 13.2 Å². The topological polar surface area (TPSA) is 73.1 Å². The Morgan fingerprint density at radius 3 is 2.17 bits per heavy atom. The predicted molar refractivity (Wildman–Crippen MR) is 127 cm³/mol. The summed E-state index contributed by atoms with van der Waals surface area (Å²) in [6.45, 7) is 7.36. The van der Waals surface area contributed by atoms with Gasteiger partial charge in [-0.05, 0) is 48.3 Å². The standard InChI is InChI=1S/C23H20N2O3S2/c1-3-7-15-9-5-11-17(20(15)26)13-19-22(28)25(23(29)30-19)24-14-18-12-6-10-16(8-4-2)21(18)27/h3-6,9-14,26-27H,1-2,7-8H2. The van der Waals surface area contributed by atoms with Crippen LogP contribution in [-0.2, 0) is 17.6 Å². The second kappa shape index (κ2) is 9.56. The van der Waals surface area contributed by atoms with Crippen molar-refractivity contribution in [2.45, 2.75) is 12.8 Å². The minimum Gasteiger partial charge on any atom is -0.507 e. The average molecular weight is 437 g/mol. The molecule has 1 aliphatic rings. The van der Waals surface area contributed by atoms with E-state index in [1.54, 1.807) is 48.6 Å². The van der Waals surface area contributed by atoms with E-state index in [4.69, 9.17) is 12.2 Å². The Hall–Kier alpha value is -3.16. The lowest BCUT2D eigenvalue weighted by Crippen LogP contribution is -2.22. The molecule has 30 heavy (non-hydrogen) atoms. The number of amides is 1. The van der Waals surface area contributed by atoms with Gasteiger partial charge in [-0.25, -0.2) is 0 Å². The van der Waals surface area contributed by atoms with Gasteiger partial charge in [0.1, 0.15) is 11.5 Å². The molecule has 0 aromatic heterocycles. The van der Waals surface area contributed by atoms with E-state index in [1.165, 1.54) is 6.21 Å². The van der Waals surface area contributed by atoms with Gasteiger partial charge in [-0.1, -0.05) is 54.2 Å². The molecule has 0 saturated carbocycles. The molecule has 0 atom stereocenters. The van der Waals surface area contributed by atoms with Crippen LogP contribution in [-0.4, -0.2) is 31.7 Å². The van der Waals surface area contributed by atoms with Crippen molar-refractivity contribution in [1.82, 2.24) is 5.01 Å². The van der Waals surface area contributed by atoms with Gasteiger partial charge in [0.05, 0.1) is 11.1 Å². The van der Waals surface area contributed by atoms with Crippen molar-refractivity contribution in [3.8, 4) is 11.5 Å². The van der Waals surface area contributed by atoms with E-state index in [2.05, 4.69) is 18.3 Å². The van der Waals surface area contributed by atoms with Crippen LogP contribution in [0.2, 0.25) is 0 Å². The van der Waals surface area contributed by atoms with Crippen molar-refractivity contribution >= 4 is 46.5 Å². The molecule has 5 nitrogen and oxygen atoms in total. The maximum atomic E-state index is 12.8. The molecule has 1 amide bonds. The summed E-state index contributed by atoms with van der Waals surface area (Å²) in [5.41, 5.74) is 2.44. The number of carbonyl (C=O) groups excluding carboxylic acids is 1. The molecule has 0 bridgehead atoms. The van der Waals surface area contributed by atoms with Crippen molar-refractivity contribution in [2.24, 2.45) is 5.10 Å². The zero-order valence-corrected chi connectivity index (χ0v) is 17.7. The van der Waals surface area contributed by atoms with Crippen LogP contribution in [0, 0.1) is 0 Å². The third kappa shape index (κ3) is 4.53. The molecule has 1 heterocycles. The van der Waals surface area contributed by atoms with E-state index in [1.807, 2.05) is 6.07 Å². The lowest BCUT2D eigenvalue weighted by Gasteiger charge is -2.08. The molecule has 0 radical (unpaired) electrons. The summed E-state index contributed by atoms with van der Waals surface area (Å²) in [5, 5.41) is 26.1. The Bertz CT molecular complexity index is 1090. The van der Waals surface area contributed by atoms with E-state index < -0.39 is 5.91 Å². The fourth-order valence-corrected chi connectivity index (χ4v) is 4.07. The lowest BCUT2D eigenvalue weighted by atomic mass is 10.1. The van der Waals surface area contributed by atoms with E-state index in [9.17, 15) is 15.0 Å². The number of hydrogen-bond donors (Lipinski definition) is 2. The first-order chi connectivity index (χ1) is 14.5. The molecule has 3 rings (SSSR count). The third-order valence-corrected chi connectivity index (χ3v) is 5.69. The van der Waals surface area contributed by atoms with Gasteiger partial charge in [0.15, 0.2) is 4.32 Å². The van der Waals surface area contributed by atoms with Crippen molar-refractivity contribution in [1.29, 1.82) is 0 Å². The Labute approximate surface area is 184 Å². The molecule has 1 saturated heterocycles. The molecule has 2 aromatic rings. The molecular formula is C23H20N2O3S2. The number of nitrogens with zero attached hydrogens (tertiary/aromatic N) is 2. The number of hydrazone groups is 1. The van der Waals surface area contributed by atoms with E-state index in [0.717, 1.165) is 22.3 Å². The van der Waals surface area contributed by atoms with Crippen LogP contribution >= 0.6 is 24.0 Å². The smallest absolute Gasteiger partial charge is 0.286 e. The molecule has 0 unspecified atom stereocenters. The molecular weight excluding hydrogens is 416 g/mol. The van der Waals surface area contributed by atoms with Crippen LogP contribution in [0.1, 0.15) is 22.3 Å². The monoisotopic (exact) mass is 436 g/mol. The fourth-order valence-electron chi connectivity index (χ4n) is 2.90. The molecule has 2 N–H and O–H groups in total. The number of allylic oxidation sites excluding steroid dienone is 2. The largest absolute Gasteiger partial charge is 0.507 e. The number of para-hydroxylation sites is 2. The zero-order valence-electron chi connectivity index (χ0n) is 16.1. The minimum atomic E-state index is -0.392. The van der Waals surface area contributed by atoms with E-state index in [0.29, 0.717) is 34.4 Å². The van der Waals surface area contributed by atoms with Crippen molar-refractivity contribution in [3.63, 3.8) is 0 Å². The van der Waals surface area contributed by atoms with Crippen molar-refractivity contribution in [3.05, 3.63) is 88.9 Å². The second-order valence-electron chi connectivity index (χ2n) is 6.43. The molecule has 2 aromatic carbocycles. The highest BCUT2D eigenvalue weighted by molar-refractivity contribution is 8.26. The molecule has 152 valence electrons. The number of thioether (sulfide) groups is 1. The highest BCUT2D eigenvalue weighted by Gasteiger charge is 2.32. The van der Waals surface area contributed by atoms with E-state index in [-0.39, 0.29) is 15.8 Å². The van der Waals surface area contributed by atoms with Gasteiger partial charge in [0.2, 0.25) is 0 Å². The molecule has 1 aliphatic heterocycles. The van der Waals surface area contributed by atoms with Crippen LogP contribution in [0.15, 0.2) is 71.7 Å². The number of benzene rings is 2. The van der Waals surface area contributed by atoms with Gasteiger partial charge in [-0.2, -0.15) is 10.1 Å². The van der Waals surface area contributed by atoms with Crippen molar-refractivity contribution in [2.75, 3.05) is 0 Å². The molecule has 0 spiro atoms. The number of hydrogen-bond acceptors (Lipinski definition) is 6. The number of phenols is 2. The van der Waals surface area contributed by atoms with Gasteiger partial charge in [0.25, 0.3) is 5.91 Å². The summed E-state index contributed by atoms with van der Waals surface area (Å²) >= 11 is 6.39. The normalized spacial score (nSPS) is 15.3. The van der Waals surface area contributed by atoms with Crippen LogP contribution in [0.25, 0.3) is 6.08 Å². The summed E-state index contributed by atoms with van der Waals surface area (Å²) in [6.07, 6.45) is 7.43. The van der Waals surface area contributed by atoms with Gasteiger partial charge >= 0.3 is 0 Å². The van der Waals surface area contributed by atoms with Crippen molar-refractivity contribution < 1.29 is 15.0 Å². The molecule has 1 fully saturated rings. The fraction of sp³-hybridized carbons (Fsp3) is 0.0870. The Morgan fingerprint density at radius 2 is 1.57 bits per heavy atom. The Balaban J connectivity index is 1.86. The van der Waals surface area contributed by atoms with Crippen LogP contribution in [0.3, 0.4) is 0 Å². The van der Waals surface area contributed by atoms with E-state index >= 15 is 0 Å². The molecule has 7 heteroatoms. The van der Waals surface area contributed by atoms with Gasteiger partial charge in [-0.3, -0.25) is 4.79 Å². The number of carbonyl (C=O) groups is 1. The number of aromatic hydroxyl groups is 2. The van der Waals surface area contributed by atoms with Crippen LogP contribution in [0.4, 0.5) is 0 Å². The average Bonchev–Trinajstić information content (AvgIpc) is 2.99. The first-order valence-electron chi connectivity index (χ1n) is 9.11. The minimum absolute atomic E-state index is 0.0890.